The minimum Gasteiger partial charge on any atom is -0.455 e. The van der Waals surface area contributed by atoms with E-state index < -0.39 is 0 Å². The van der Waals surface area contributed by atoms with Crippen LogP contribution in [0.1, 0.15) is 0 Å². The normalized spacial score (nSPS) is 11.4. The number of hydrogen-bond donors (Lipinski definition) is 0. The minimum absolute atomic E-state index is 0.706. The summed E-state index contributed by atoms with van der Waals surface area (Å²) < 4.78 is 6.54. The fourth-order valence-electron chi connectivity index (χ4n) is 6.35. The van der Waals surface area contributed by atoms with Crippen LogP contribution < -0.4 is 0 Å². The molecule has 0 atom stereocenters. The molecule has 0 radical (unpaired) electrons. The summed E-state index contributed by atoms with van der Waals surface area (Å²) in [6, 6.07) is 56.0. The molecule has 9 aromatic rings. The Morgan fingerprint density at radius 3 is 1.64 bits per heavy atom. The Balaban J connectivity index is 1.15. The van der Waals surface area contributed by atoms with Gasteiger partial charge in [-0.2, -0.15) is 0 Å². The molecule has 0 saturated carbocycles. The van der Waals surface area contributed by atoms with E-state index in [-0.39, 0.29) is 0 Å². The van der Waals surface area contributed by atoms with Gasteiger partial charge in [-0.05, 0) is 35.4 Å². The summed E-state index contributed by atoms with van der Waals surface area (Å²) in [6.45, 7) is 0. The zero-order chi connectivity index (χ0) is 31.2. The molecule has 9 rings (SSSR count). The molecule has 0 unspecified atom stereocenters. The summed E-state index contributed by atoms with van der Waals surface area (Å²) in [6.07, 6.45) is 0. The Hall–Kier alpha value is -6.39. The topological polar surface area (TPSA) is 51.8 Å². The second kappa shape index (κ2) is 11.2. The monoisotopic (exact) mass is 601 g/mol. The molecule has 3 aromatic heterocycles. The Labute approximate surface area is 271 Å². The minimum atomic E-state index is 0.706. The SMILES string of the molecule is c1ccc(-c2cc(-c3ccc(-c4ccc5nc(-c6ccccc6)c6c7ccccc7oc6c5c4)cc3)nc(-c3ccccc3)n2)cc1. The number of fused-ring (bicyclic) bond motifs is 5. The zero-order valence-electron chi connectivity index (χ0n) is 25.3. The first-order valence-corrected chi connectivity index (χ1v) is 15.7. The van der Waals surface area contributed by atoms with E-state index >= 15 is 0 Å². The number of rotatable bonds is 5. The molecule has 0 spiro atoms. The van der Waals surface area contributed by atoms with Crippen LogP contribution >= 0.6 is 0 Å². The molecule has 0 bridgehead atoms. The molecular formula is C43H27N3O. The molecule has 4 heteroatoms. The maximum Gasteiger partial charge on any atom is 0.160 e. The van der Waals surface area contributed by atoms with Gasteiger partial charge >= 0.3 is 0 Å². The second-order valence-electron chi connectivity index (χ2n) is 11.6. The van der Waals surface area contributed by atoms with Crippen molar-refractivity contribution in [3.8, 4) is 56.3 Å². The molecular weight excluding hydrogens is 574 g/mol. The van der Waals surface area contributed by atoms with Gasteiger partial charge in [-0.25, -0.2) is 15.0 Å². The lowest BCUT2D eigenvalue weighted by atomic mass is 9.98. The van der Waals surface area contributed by atoms with E-state index in [9.17, 15) is 0 Å². The molecule has 0 aliphatic rings. The third-order valence-electron chi connectivity index (χ3n) is 8.69. The van der Waals surface area contributed by atoms with Gasteiger partial charge in [-0.3, -0.25) is 0 Å². The van der Waals surface area contributed by atoms with Crippen molar-refractivity contribution in [2.45, 2.75) is 0 Å². The zero-order valence-corrected chi connectivity index (χ0v) is 25.3. The first-order chi connectivity index (χ1) is 23.3. The van der Waals surface area contributed by atoms with Gasteiger partial charge in [-0.15, -0.1) is 0 Å². The third-order valence-corrected chi connectivity index (χ3v) is 8.69. The first-order valence-electron chi connectivity index (χ1n) is 15.7. The molecule has 0 N–H and O–H groups in total. The summed E-state index contributed by atoms with van der Waals surface area (Å²) in [7, 11) is 0. The van der Waals surface area contributed by atoms with Gasteiger partial charge in [0, 0.05) is 33.0 Å². The average Bonchev–Trinajstić information content (AvgIpc) is 3.55. The van der Waals surface area contributed by atoms with Crippen LogP contribution in [0, 0.1) is 0 Å². The molecule has 220 valence electrons. The van der Waals surface area contributed by atoms with Crippen molar-refractivity contribution in [3.63, 3.8) is 0 Å². The number of nitrogens with zero attached hydrogens (tertiary/aromatic N) is 3. The number of pyridine rings is 1. The van der Waals surface area contributed by atoms with Gasteiger partial charge in [0.2, 0.25) is 0 Å². The number of para-hydroxylation sites is 1. The molecule has 0 saturated heterocycles. The van der Waals surface area contributed by atoms with E-state index in [0.717, 1.165) is 83.3 Å². The maximum absolute atomic E-state index is 6.54. The summed E-state index contributed by atoms with van der Waals surface area (Å²) in [4.78, 5) is 15.1. The van der Waals surface area contributed by atoms with Crippen LogP contribution in [-0.4, -0.2) is 15.0 Å². The summed E-state index contributed by atoms with van der Waals surface area (Å²) in [5.41, 5.74) is 11.7. The van der Waals surface area contributed by atoms with Gasteiger partial charge in [-0.1, -0.05) is 140 Å². The highest BCUT2D eigenvalue weighted by atomic mass is 16.3. The molecule has 47 heavy (non-hydrogen) atoms. The molecule has 3 heterocycles. The van der Waals surface area contributed by atoms with E-state index in [0.29, 0.717) is 5.82 Å². The molecule has 0 amide bonds. The quantitative estimate of drug-likeness (QED) is 0.197. The molecule has 0 fully saturated rings. The Morgan fingerprint density at radius 1 is 0.383 bits per heavy atom. The van der Waals surface area contributed by atoms with Crippen molar-refractivity contribution < 1.29 is 4.42 Å². The van der Waals surface area contributed by atoms with Crippen LogP contribution in [0.25, 0.3) is 89.1 Å². The number of furan rings is 1. The van der Waals surface area contributed by atoms with Crippen LogP contribution in [-0.2, 0) is 0 Å². The largest absolute Gasteiger partial charge is 0.455 e. The second-order valence-corrected chi connectivity index (χ2v) is 11.6. The summed E-state index contributed by atoms with van der Waals surface area (Å²) in [5, 5.41) is 3.10. The summed E-state index contributed by atoms with van der Waals surface area (Å²) in [5.74, 6) is 0.706. The Bertz CT molecular complexity index is 2480. The van der Waals surface area contributed by atoms with Gasteiger partial charge < -0.3 is 4.42 Å². The molecule has 6 aromatic carbocycles. The number of benzene rings is 6. The van der Waals surface area contributed by atoms with Crippen LogP contribution in [0.15, 0.2) is 168 Å². The predicted octanol–water partition coefficient (Wildman–Crippen LogP) is 11.3. The smallest absolute Gasteiger partial charge is 0.160 e. The van der Waals surface area contributed by atoms with Crippen molar-refractivity contribution >= 4 is 32.8 Å². The van der Waals surface area contributed by atoms with E-state index in [1.54, 1.807) is 0 Å². The van der Waals surface area contributed by atoms with E-state index in [4.69, 9.17) is 19.4 Å². The van der Waals surface area contributed by atoms with Crippen molar-refractivity contribution in [1.82, 2.24) is 15.0 Å². The van der Waals surface area contributed by atoms with E-state index in [1.165, 1.54) is 0 Å². The lowest BCUT2D eigenvalue weighted by molar-refractivity contribution is 0.672. The standard InChI is InChI=1S/C43H27N3O/c1-4-12-29(13-5-1)37-27-38(46-43(45-37)32-16-8-3-9-17-32)30-22-20-28(21-23-30)33-24-25-36-35(26-33)42-40(34-18-10-11-19-39(34)47-42)41(44-36)31-14-6-2-7-15-31/h1-27H. The average molecular weight is 602 g/mol. The first kappa shape index (κ1) is 27.0. The van der Waals surface area contributed by atoms with E-state index in [2.05, 4.69) is 97.1 Å². The highest BCUT2D eigenvalue weighted by Gasteiger charge is 2.18. The molecule has 4 nitrogen and oxygen atoms in total. The fraction of sp³-hybridized carbons (Fsp3) is 0. The summed E-state index contributed by atoms with van der Waals surface area (Å²) >= 11 is 0. The highest BCUT2D eigenvalue weighted by molar-refractivity contribution is 6.19. The van der Waals surface area contributed by atoms with Gasteiger partial charge in [0.1, 0.15) is 11.2 Å². The maximum atomic E-state index is 6.54. The highest BCUT2D eigenvalue weighted by Crippen LogP contribution is 2.40. The Kier molecular flexibility index (Phi) is 6.43. The van der Waals surface area contributed by atoms with Crippen molar-refractivity contribution in [1.29, 1.82) is 0 Å². The van der Waals surface area contributed by atoms with E-state index in [1.807, 2.05) is 66.7 Å². The Morgan fingerprint density at radius 2 is 0.936 bits per heavy atom. The third kappa shape index (κ3) is 4.84. The van der Waals surface area contributed by atoms with Gasteiger partial charge in [0.05, 0.1) is 28.0 Å². The molecule has 0 aliphatic carbocycles. The van der Waals surface area contributed by atoms with Crippen LogP contribution in [0.3, 0.4) is 0 Å². The number of hydrogen-bond acceptors (Lipinski definition) is 4. The van der Waals surface area contributed by atoms with Crippen LogP contribution in [0.5, 0.6) is 0 Å². The predicted molar refractivity (Wildman–Crippen MR) is 192 cm³/mol. The molecule has 0 aliphatic heterocycles. The number of aromatic nitrogens is 3. The van der Waals surface area contributed by atoms with Gasteiger partial charge in [0.25, 0.3) is 0 Å². The lowest BCUT2D eigenvalue weighted by Gasteiger charge is -2.11. The van der Waals surface area contributed by atoms with Crippen molar-refractivity contribution in [3.05, 3.63) is 164 Å². The van der Waals surface area contributed by atoms with Crippen LogP contribution in [0.2, 0.25) is 0 Å². The van der Waals surface area contributed by atoms with Crippen molar-refractivity contribution in [2.24, 2.45) is 0 Å². The van der Waals surface area contributed by atoms with Crippen LogP contribution in [0.4, 0.5) is 0 Å². The van der Waals surface area contributed by atoms with Crippen molar-refractivity contribution in [2.75, 3.05) is 0 Å². The lowest BCUT2D eigenvalue weighted by Crippen LogP contribution is -1.95. The fourth-order valence-corrected chi connectivity index (χ4v) is 6.35. The van der Waals surface area contributed by atoms with Gasteiger partial charge in [0.15, 0.2) is 5.82 Å².